The van der Waals surface area contributed by atoms with Gasteiger partial charge < -0.3 is 14.5 Å². The van der Waals surface area contributed by atoms with Crippen molar-refractivity contribution in [2.24, 2.45) is 0 Å². The van der Waals surface area contributed by atoms with E-state index in [0.717, 1.165) is 36.3 Å². The third kappa shape index (κ3) is 3.40. The topological polar surface area (TPSA) is 62.7 Å². The van der Waals surface area contributed by atoms with Gasteiger partial charge in [0.2, 0.25) is 5.91 Å². The lowest BCUT2D eigenvalue weighted by atomic mass is 9.95. The maximum Gasteiger partial charge on any atom is 0.410 e. The van der Waals surface area contributed by atoms with E-state index in [0.29, 0.717) is 25.9 Å². The standard InChI is InChI=1S/C19H23N3O3S/c1-21-13-19(25-18(21)24)9-4-11-22(12-10-19)17(23)8-7-16-20-14-5-2-3-6-15(14)26-16/h2-3,5-6H,4,7-13H2,1H3/t19-/m0/s1. The molecule has 2 amide bonds. The number of likely N-dealkylation sites (tertiary alicyclic amines) is 1. The summed E-state index contributed by atoms with van der Waals surface area (Å²) >= 11 is 1.66. The van der Waals surface area contributed by atoms with Gasteiger partial charge >= 0.3 is 6.09 Å². The molecule has 0 radical (unpaired) electrons. The molecule has 6 nitrogen and oxygen atoms in total. The number of hydrogen-bond acceptors (Lipinski definition) is 5. The van der Waals surface area contributed by atoms with Gasteiger partial charge in [0, 0.05) is 39.4 Å². The van der Waals surface area contributed by atoms with E-state index >= 15 is 0 Å². The molecular formula is C19H23N3O3S. The molecule has 2 aromatic rings. The smallest absolute Gasteiger partial charge is 0.410 e. The number of aromatic nitrogens is 1. The number of thiazole rings is 1. The fourth-order valence-corrected chi connectivity index (χ4v) is 4.84. The number of amides is 2. The number of carbonyl (C=O) groups excluding carboxylic acids is 2. The van der Waals surface area contributed by atoms with Crippen LogP contribution >= 0.6 is 11.3 Å². The molecule has 4 rings (SSSR count). The molecule has 26 heavy (non-hydrogen) atoms. The van der Waals surface area contributed by atoms with Crippen molar-refractivity contribution in [3.05, 3.63) is 29.3 Å². The van der Waals surface area contributed by atoms with E-state index in [4.69, 9.17) is 4.74 Å². The number of likely N-dealkylation sites (N-methyl/N-ethyl adjacent to an activating group) is 1. The zero-order valence-corrected chi connectivity index (χ0v) is 15.8. The van der Waals surface area contributed by atoms with Crippen LogP contribution in [0.4, 0.5) is 4.79 Å². The lowest BCUT2D eigenvalue weighted by Crippen LogP contribution is -2.36. The van der Waals surface area contributed by atoms with Crippen LogP contribution in [0.1, 0.15) is 30.7 Å². The molecule has 7 heteroatoms. The Hall–Kier alpha value is -2.15. The predicted octanol–water partition coefficient (Wildman–Crippen LogP) is 3.06. The third-order valence-electron chi connectivity index (χ3n) is 5.28. The number of para-hydroxylation sites is 1. The molecule has 0 N–H and O–H groups in total. The van der Waals surface area contributed by atoms with Gasteiger partial charge in [-0.1, -0.05) is 12.1 Å². The van der Waals surface area contributed by atoms with Crippen LogP contribution in [0.25, 0.3) is 10.2 Å². The van der Waals surface area contributed by atoms with Gasteiger partial charge in [0.05, 0.1) is 21.8 Å². The number of benzene rings is 1. The van der Waals surface area contributed by atoms with Crippen molar-refractivity contribution < 1.29 is 14.3 Å². The molecule has 2 aliphatic heterocycles. The minimum absolute atomic E-state index is 0.166. The number of hydrogen-bond donors (Lipinski definition) is 0. The summed E-state index contributed by atoms with van der Waals surface area (Å²) in [6.45, 7) is 2.01. The van der Waals surface area contributed by atoms with Crippen LogP contribution in [0.2, 0.25) is 0 Å². The van der Waals surface area contributed by atoms with Gasteiger partial charge in [-0.25, -0.2) is 9.78 Å². The van der Waals surface area contributed by atoms with Crippen molar-refractivity contribution >= 4 is 33.6 Å². The highest BCUT2D eigenvalue weighted by atomic mass is 32.1. The number of nitrogens with zero attached hydrogens (tertiary/aromatic N) is 3. The predicted molar refractivity (Wildman–Crippen MR) is 100 cm³/mol. The highest BCUT2D eigenvalue weighted by Gasteiger charge is 2.44. The van der Waals surface area contributed by atoms with Crippen molar-refractivity contribution in [3.63, 3.8) is 0 Å². The Morgan fingerprint density at radius 1 is 1.31 bits per heavy atom. The summed E-state index contributed by atoms with van der Waals surface area (Å²) in [6.07, 6.45) is 3.32. The second-order valence-corrected chi connectivity index (χ2v) is 8.33. The first kappa shape index (κ1) is 17.3. The Labute approximate surface area is 156 Å². The number of carbonyl (C=O) groups is 2. The van der Waals surface area contributed by atoms with Gasteiger partial charge in [-0.05, 0) is 25.0 Å². The first-order valence-electron chi connectivity index (χ1n) is 9.11. The molecule has 0 bridgehead atoms. The van der Waals surface area contributed by atoms with Crippen LogP contribution < -0.4 is 0 Å². The Bertz CT molecular complexity index is 803. The van der Waals surface area contributed by atoms with Crippen LogP contribution in [-0.4, -0.2) is 59.1 Å². The van der Waals surface area contributed by atoms with Crippen LogP contribution in [0.3, 0.4) is 0 Å². The minimum Gasteiger partial charge on any atom is -0.441 e. The summed E-state index contributed by atoms with van der Waals surface area (Å²) in [7, 11) is 1.77. The molecule has 2 aliphatic rings. The van der Waals surface area contributed by atoms with Crippen molar-refractivity contribution in [1.29, 1.82) is 0 Å². The average Bonchev–Trinajstić information content (AvgIpc) is 3.08. The van der Waals surface area contributed by atoms with Crippen LogP contribution in [0.5, 0.6) is 0 Å². The largest absolute Gasteiger partial charge is 0.441 e. The third-order valence-corrected chi connectivity index (χ3v) is 6.38. The van der Waals surface area contributed by atoms with Crippen LogP contribution in [0.15, 0.2) is 24.3 Å². The number of ether oxygens (including phenoxy) is 1. The fraction of sp³-hybridized carbons (Fsp3) is 0.526. The first-order chi connectivity index (χ1) is 12.5. The van der Waals surface area contributed by atoms with E-state index in [2.05, 4.69) is 11.1 Å². The monoisotopic (exact) mass is 373 g/mol. The zero-order valence-electron chi connectivity index (χ0n) is 14.9. The van der Waals surface area contributed by atoms with Gasteiger partial charge in [0.15, 0.2) is 0 Å². The summed E-state index contributed by atoms with van der Waals surface area (Å²) in [6, 6.07) is 8.06. The highest BCUT2D eigenvalue weighted by molar-refractivity contribution is 7.18. The molecular weight excluding hydrogens is 350 g/mol. The van der Waals surface area contributed by atoms with Gasteiger partial charge in [-0.15, -0.1) is 11.3 Å². The van der Waals surface area contributed by atoms with Gasteiger partial charge in [-0.3, -0.25) is 4.79 Å². The zero-order chi connectivity index (χ0) is 18.1. The molecule has 3 heterocycles. The van der Waals surface area contributed by atoms with E-state index in [1.165, 1.54) is 4.70 Å². The molecule has 0 unspecified atom stereocenters. The fourth-order valence-electron chi connectivity index (χ4n) is 3.87. The summed E-state index contributed by atoms with van der Waals surface area (Å²) in [4.78, 5) is 32.5. The maximum atomic E-state index is 12.7. The second kappa shape index (κ2) is 6.87. The molecule has 1 aromatic heterocycles. The van der Waals surface area contributed by atoms with Crippen molar-refractivity contribution in [1.82, 2.24) is 14.8 Å². The number of aryl methyl sites for hydroxylation is 1. The van der Waals surface area contributed by atoms with E-state index in [1.807, 2.05) is 23.1 Å². The maximum absolute atomic E-state index is 12.7. The SMILES string of the molecule is CN1C[C@@]2(CCCN(C(=O)CCc3nc4ccccc4s3)CC2)OC1=O. The van der Waals surface area contributed by atoms with E-state index < -0.39 is 5.60 Å². The molecule has 1 spiro atoms. The summed E-state index contributed by atoms with van der Waals surface area (Å²) in [5.74, 6) is 0.166. The summed E-state index contributed by atoms with van der Waals surface area (Å²) < 4.78 is 6.78. The summed E-state index contributed by atoms with van der Waals surface area (Å²) in [5.41, 5.74) is 0.595. The molecule has 1 aromatic carbocycles. The van der Waals surface area contributed by atoms with E-state index in [-0.39, 0.29) is 12.0 Å². The van der Waals surface area contributed by atoms with Crippen LogP contribution in [0, 0.1) is 0 Å². The Morgan fingerprint density at radius 2 is 2.15 bits per heavy atom. The number of rotatable bonds is 3. The quantitative estimate of drug-likeness (QED) is 0.830. The molecule has 2 saturated heterocycles. The summed E-state index contributed by atoms with van der Waals surface area (Å²) in [5, 5.41) is 1.01. The first-order valence-corrected chi connectivity index (χ1v) is 9.93. The van der Waals surface area contributed by atoms with E-state index in [1.54, 1.807) is 23.3 Å². The van der Waals surface area contributed by atoms with Crippen molar-refractivity contribution in [2.75, 3.05) is 26.7 Å². The molecule has 1 atom stereocenters. The minimum atomic E-state index is -0.409. The van der Waals surface area contributed by atoms with Crippen molar-refractivity contribution in [2.45, 2.75) is 37.7 Å². The lowest BCUT2D eigenvalue weighted by Gasteiger charge is -2.25. The van der Waals surface area contributed by atoms with Gasteiger partial charge in [0.1, 0.15) is 5.60 Å². The van der Waals surface area contributed by atoms with Gasteiger partial charge in [-0.2, -0.15) is 0 Å². The van der Waals surface area contributed by atoms with E-state index in [9.17, 15) is 9.59 Å². The Kier molecular flexibility index (Phi) is 4.56. The lowest BCUT2D eigenvalue weighted by molar-refractivity contribution is -0.131. The molecule has 0 aliphatic carbocycles. The molecule has 2 fully saturated rings. The molecule has 0 saturated carbocycles. The van der Waals surface area contributed by atoms with Gasteiger partial charge in [0.25, 0.3) is 0 Å². The average molecular weight is 373 g/mol. The molecule has 138 valence electrons. The van der Waals surface area contributed by atoms with Crippen LogP contribution in [-0.2, 0) is 16.0 Å². The van der Waals surface area contributed by atoms with Crippen molar-refractivity contribution in [3.8, 4) is 0 Å². The highest BCUT2D eigenvalue weighted by Crippen LogP contribution is 2.32. The Morgan fingerprint density at radius 3 is 2.92 bits per heavy atom. The second-order valence-electron chi connectivity index (χ2n) is 7.22. The normalized spacial score (nSPS) is 23.5. The Balaban J connectivity index is 1.34. The number of fused-ring (bicyclic) bond motifs is 1.